The van der Waals surface area contributed by atoms with E-state index in [2.05, 4.69) is 4.98 Å². The Morgan fingerprint density at radius 3 is 2.38 bits per heavy atom. The van der Waals surface area contributed by atoms with Crippen molar-refractivity contribution >= 4 is 15.9 Å². The number of aliphatic hydroxyl groups is 1. The first-order valence-corrected chi connectivity index (χ1v) is 10.6. The van der Waals surface area contributed by atoms with Gasteiger partial charge in [0.15, 0.2) is 5.03 Å². The van der Waals surface area contributed by atoms with Crippen LogP contribution in [0, 0.1) is 0 Å². The first-order valence-electron chi connectivity index (χ1n) is 9.16. The fourth-order valence-electron chi connectivity index (χ4n) is 3.41. The Kier molecular flexibility index (Phi) is 5.15. The summed E-state index contributed by atoms with van der Waals surface area (Å²) in [5.74, 6) is 0.356. The standard InChI is InChI=1S/C19H22N4O5S/c1-28-16-4-5-18(20-8-16)29(26,27)23-11-15(12-23)14-9-22(10-14)19(25)17(13-24)21-6-2-3-7-21/h2-8,17,24H,9-13H2,1H3. The van der Waals surface area contributed by atoms with Crippen molar-refractivity contribution in [1.82, 2.24) is 18.8 Å². The first-order chi connectivity index (χ1) is 13.9. The summed E-state index contributed by atoms with van der Waals surface area (Å²) < 4.78 is 33.3. The molecule has 4 rings (SSSR count). The number of carbonyl (C=O) groups is 1. The zero-order valence-electron chi connectivity index (χ0n) is 15.9. The van der Waals surface area contributed by atoms with Crippen molar-refractivity contribution < 1.29 is 23.1 Å². The number of methoxy groups -OCH3 is 1. The minimum absolute atomic E-state index is 0.00901. The number of ether oxygens (including phenoxy) is 1. The number of amides is 1. The number of sulfonamides is 1. The third-order valence-corrected chi connectivity index (χ3v) is 7.01. The summed E-state index contributed by atoms with van der Waals surface area (Å²) in [4.78, 5) is 18.2. The molecule has 10 heteroatoms. The third kappa shape index (κ3) is 3.54. The average molecular weight is 418 g/mol. The maximum Gasteiger partial charge on any atom is 0.261 e. The lowest BCUT2D eigenvalue weighted by molar-refractivity contribution is -0.137. The van der Waals surface area contributed by atoms with Gasteiger partial charge in [0.1, 0.15) is 11.8 Å². The summed E-state index contributed by atoms with van der Waals surface area (Å²) >= 11 is 0. The molecule has 1 amide bonds. The summed E-state index contributed by atoms with van der Waals surface area (Å²) in [6.45, 7) is 1.31. The van der Waals surface area contributed by atoms with E-state index in [1.54, 1.807) is 40.1 Å². The molecule has 2 fully saturated rings. The van der Waals surface area contributed by atoms with E-state index >= 15 is 0 Å². The molecule has 2 aliphatic rings. The van der Waals surface area contributed by atoms with E-state index in [0.29, 0.717) is 31.9 Å². The first kappa shape index (κ1) is 19.6. The maximum absolute atomic E-state index is 12.6. The number of hydrogen-bond donors (Lipinski definition) is 1. The zero-order valence-corrected chi connectivity index (χ0v) is 16.7. The van der Waals surface area contributed by atoms with Gasteiger partial charge in [0.25, 0.3) is 10.0 Å². The van der Waals surface area contributed by atoms with Gasteiger partial charge in [-0.05, 0) is 35.4 Å². The summed E-state index contributed by atoms with van der Waals surface area (Å²) in [5, 5.41) is 9.56. The average Bonchev–Trinajstić information content (AvgIpc) is 3.17. The zero-order chi connectivity index (χ0) is 20.6. The number of hydrogen-bond acceptors (Lipinski definition) is 6. The highest BCUT2D eigenvalue weighted by molar-refractivity contribution is 7.89. The Morgan fingerprint density at radius 1 is 1.17 bits per heavy atom. The van der Waals surface area contributed by atoms with Crippen molar-refractivity contribution in [3.63, 3.8) is 0 Å². The molecule has 2 saturated heterocycles. The Morgan fingerprint density at radius 2 is 1.83 bits per heavy atom. The minimum Gasteiger partial charge on any atom is -0.495 e. The molecule has 0 aromatic carbocycles. The van der Waals surface area contributed by atoms with Crippen molar-refractivity contribution in [2.45, 2.75) is 11.1 Å². The fourth-order valence-corrected chi connectivity index (χ4v) is 4.75. The predicted molar refractivity (Wildman–Crippen MR) is 104 cm³/mol. The summed E-state index contributed by atoms with van der Waals surface area (Å²) in [7, 11) is -2.15. The molecule has 0 spiro atoms. The van der Waals surface area contributed by atoms with E-state index in [-0.39, 0.29) is 17.5 Å². The molecule has 154 valence electrons. The third-order valence-electron chi connectivity index (χ3n) is 5.30. The van der Waals surface area contributed by atoms with Gasteiger partial charge in [-0.15, -0.1) is 0 Å². The normalized spacial score (nSPS) is 18.2. The van der Waals surface area contributed by atoms with Crippen molar-refractivity contribution in [2.24, 2.45) is 0 Å². The Labute approximate surface area is 168 Å². The monoisotopic (exact) mass is 418 g/mol. The van der Waals surface area contributed by atoms with Crippen LogP contribution in [0.2, 0.25) is 0 Å². The predicted octanol–water partition coefficient (Wildman–Crippen LogP) is 0.268. The SMILES string of the molecule is COc1ccc(S(=O)(=O)N2CC(=C3CN(C(=O)C(CO)n4cccc4)C3)C2)nc1. The van der Waals surface area contributed by atoms with Crippen molar-refractivity contribution in [3.8, 4) is 5.75 Å². The van der Waals surface area contributed by atoms with Gasteiger partial charge in [0, 0.05) is 38.6 Å². The highest BCUT2D eigenvalue weighted by atomic mass is 32.2. The number of aromatic nitrogens is 2. The highest BCUT2D eigenvalue weighted by Crippen LogP contribution is 2.30. The van der Waals surface area contributed by atoms with Gasteiger partial charge in [0.05, 0.1) is 19.9 Å². The molecule has 0 saturated carbocycles. The topological polar surface area (TPSA) is 105 Å². The van der Waals surface area contributed by atoms with Crippen molar-refractivity contribution in [1.29, 1.82) is 0 Å². The van der Waals surface area contributed by atoms with Gasteiger partial charge >= 0.3 is 0 Å². The molecule has 2 aromatic rings. The van der Waals surface area contributed by atoms with Gasteiger partial charge in [-0.1, -0.05) is 0 Å². The van der Waals surface area contributed by atoms with Crippen LogP contribution in [0.5, 0.6) is 5.75 Å². The molecule has 2 aliphatic heterocycles. The van der Waals surface area contributed by atoms with Gasteiger partial charge in [-0.25, -0.2) is 13.4 Å². The van der Waals surface area contributed by atoms with E-state index in [9.17, 15) is 18.3 Å². The van der Waals surface area contributed by atoms with Crippen LogP contribution in [-0.2, 0) is 14.8 Å². The number of carbonyl (C=O) groups excluding carboxylic acids is 1. The summed E-state index contributed by atoms with van der Waals surface area (Å²) in [6.07, 6.45) is 4.88. The smallest absolute Gasteiger partial charge is 0.261 e. The van der Waals surface area contributed by atoms with Crippen LogP contribution >= 0.6 is 0 Å². The molecule has 1 N–H and O–H groups in total. The largest absolute Gasteiger partial charge is 0.495 e. The highest BCUT2D eigenvalue weighted by Gasteiger charge is 2.39. The molecule has 0 aliphatic carbocycles. The molecular formula is C19H22N4O5S. The summed E-state index contributed by atoms with van der Waals surface area (Å²) in [5.41, 5.74) is 2.12. The van der Waals surface area contributed by atoms with Crippen molar-refractivity contribution in [2.75, 3.05) is 39.9 Å². The van der Waals surface area contributed by atoms with Crippen LogP contribution < -0.4 is 4.74 Å². The molecule has 9 nitrogen and oxygen atoms in total. The Bertz CT molecular complexity index is 1020. The second kappa shape index (κ2) is 7.62. The lowest BCUT2D eigenvalue weighted by Gasteiger charge is -2.42. The van der Waals surface area contributed by atoms with Gasteiger partial charge in [-0.3, -0.25) is 4.79 Å². The molecule has 4 heterocycles. The van der Waals surface area contributed by atoms with E-state index in [1.807, 2.05) is 0 Å². The molecule has 2 aromatic heterocycles. The van der Waals surface area contributed by atoms with Crippen LogP contribution in [0.4, 0.5) is 0 Å². The molecule has 1 atom stereocenters. The second-order valence-electron chi connectivity index (χ2n) is 7.04. The minimum atomic E-state index is -3.64. The van der Waals surface area contributed by atoms with Gasteiger partial charge in [0.2, 0.25) is 5.91 Å². The quantitative estimate of drug-likeness (QED) is 0.675. The van der Waals surface area contributed by atoms with E-state index < -0.39 is 16.1 Å². The van der Waals surface area contributed by atoms with Crippen LogP contribution in [0.1, 0.15) is 6.04 Å². The van der Waals surface area contributed by atoms with Crippen LogP contribution in [-0.4, -0.2) is 78.1 Å². The number of pyridine rings is 1. The van der Waals surface area contributed by atoms with E-state index in [0.717, 1.165) is 11.1 Å². The lowest BCUT2D eigenvalue weighted by Crippen LogP contribution is -2.53. The summed E-state index contributed by atoms with van der Waals surface area (Å²) in [6, 6.07) is 5.98. The number of likely N-dealkylation sites (tertiary alicyclic amines) is 1. The number of rotatable bonds is 6. The lowest BCUT2D eigenvalue weighted by atomic mass is 9.96. The molecule has 29 heavy (non-hydrogen) atoms. The molecule has 0 bridgehead atoms. The Balaban J connectivity index is 1.36. The van der Waals surface area contributed by atoms with E-state index in [1.165, 1.54) is 23.7 Å². The molecular weight excluding hydrogens is 396 g/mol. The van der Waals surface area contributed by atoms with E-state index in [4.69, 9.17) is 4.74 Å². The Hall–Kier alpha value is -2.69. The number of aliphatic hydroxyl groups excluding tert-OH is 1. The van der Waals surface area contributed by atoms with Crippen LogP contribution in [0.15, 0.2) is 59.0 Å². The molecule has 1 unspecified atom stereocenters. The second-order valence-corrected chi connectivity index (χ2v) is 8.92. The maximum atomic E-state index is 12.6. The van der Waals surface area contributed by atoms with Crippen LogP contribution in [0.3, 0.4) is 0 Å². The van der Waals surface area contributed by atoms with Gasteiger partial charge in [-0.2, -0.15) is 4.31 Å². The fraction of sp³-hybridized carbons (Fsp3) is 0.368. The molecule has 0 radical (unpaired) electrons. The number of nitrogens with zero attached hydrogens (tertiary/aromatic N) is 4. The van der Waals surface area contributed by atoms with Gasteiger partial charge < -0.3 is 19.3 Å². The van der Waals surface area contributed by atoms with Crippen LogP contribution in [0.25, 0.3) is 0 Å². The van der Waals surface area contributed by atoms with Crippen molar-refractivity contribution in [3.05, 3.63) is 54.0 Å².